The minimum atomic E-state index is -1.48. The van der Waals surface area contributed by atoms with Crippen LogP contribution in [-0.4, -0.2) is 64.9 Å². The smallest absolute Gasteiger partial charge is 0.159 e. The van der Waals surface area contributed by atoms with Gasteiger partial charge in [-0.05, 0) is 0 Å². The molecule has 0 aromatic carbocycles. The van der Waals surface area contributed by atoms with Crippen LogP contribution in [0.4, 0.5) is 5.82 Å². The van der Waals surface area contributed by atoms with Crippen LogP contribution in [0, 0.1) is 0 Å². The number of aromatic amines is 1. The van der Waals surface area contributed by atoms with E-state index in [1.807, 2.05) is 0 Å². The minimum Gasteiger partial charge on any atom is -0.394 e. The van der Waals surface area contributed by atoms with E-state index in [4.69, 9.17) is 10.8 Å². The van der Waals surface area contributed by atoms with Crippen LogP contribution >= 0.6 is 0 Å². The van der Waals surface area contributed by atoms with Crippen molar-refractivity contribution in [3.8, 4) is 11.5 Å². The zero-order valence-electron chi connectivity index (χ0n) is 10.6. The summed E-state index contributed by atoms with van der Waals surface area (Å²) in [6, 6.07) is 0. The van der Waals surface area contributed by atoms with Gasteiger partial charge in [0.25, 0.3) is 0 Å². The highest BCUT2D eigenvalue weighted by atomic mass is 16.4. The first-order chi connectivity index (χ1) is 9.54. The van der Waals surface area contributed by atoms with Gasteiger partial charge in [-0.1, -0.05) is 0 Å². The van der Waals surface area contributed by atoms with Crippen LogP contribution < -0.4 is 5.73 Å². The molecule has 0 aliphatic carbocycles. The van der Waals surface area contributed by atoms with Crippen molar-refractivity contribution in [3.05, 3.63) is 18.7 Å². The fourth-order valence-electron chi connectivity index (χ4n) is 1.79. The van der Waals surface area contributed by atoms with E-state index in [1.165, 1.54) is 10.9 Å². The third-order valence-electron chi connectivity index (χ3n) is 2.96. The molecule has 0 aliphatic rings. The normalized spacial score (nSPS) is 16.0. The molecule has 0 saturated heterocycles. The number of nitrogens with two attached hydrogens (primary N) is 1. The summed E-state index contributed by atoms with van der Waals surface area (Å²) in [5.74, 6) is 0.761. The number of hydrogen-bond donors (Lipinski definition) is 6. The first-order valence-corrected chi connectivity index (χ1v) is 6.00. The summed E-state index contributed by atoms with van der Waals surface area (Å²) in [6.45, 7) is -0.715. The average molecular weight is 283 g/mol. The molecule has 3 unspecified atom stereocenters. The molecule has 20 heavy (non-hydrogen) atoms. The number of aliphatic hydroxyl groups excluding tert-OH is 4. The first kappa shape index (κ1) is 14.5. The highest BCUT2D eigenvalue weighted by molar-refractivity contribution is 5.64. The lowest BCUT2D eigenvalue weighted by atomic mass is 10.1. The fraction of sp³-hybridized carbons (Fsp3) is 0.455. The quantitative estimate of drug-likeness (QED) is 0.356. The molecule has 2 aromatic heterocycles. The summed E-state index contributed by atoms with van der Waals surface area (Å²) in [5.41, 5.74) is 6.32. The van der Waals surface area contributed by atoms with Crippen LogP contribution in [0.15, 0.2) is 18.7 Å². The van der Waals surface area contributed by atoms with E-state index in [2.05, 4.69) is 15.0 Å². The number of nitrogens with one attached hydrogen (secondary N) is 1. The lowest BCUT2D eigenvalue weighted by Gasteiger charge is -2.22. The highest BCUT2D eigenvalue weighted by Crippen LogP contribution is 2.21. The number of nitrogen functional groups attached to an aromatic ring is 1. The number of rotatable bonds is 6. The monoisotopic (exact) mass is 283 g/mol. The molecule has 0 aliphatic heterocycles. The number of aromatic nitrogens is 4. The highest BCUT2D eigenvalue weighted by Gasteiger charge is 2.25. The number of aliphatic hydroxyl groups is 4. The second kappa shape index (κ2) is 6.01. The maximum Gasteiger partial charge on any atom is 0.159 e. The zero-order chi connectivity index (χ0) is 14.7. The van der Waals surface area contributed by atoms with E-state index >= 15 is 0 Å². The lowest BCUT2D eigenvalue weighted by Crippen LogP contribution is -2.41. The van der Waals surface area contributed by atoms with Gasteiger partial charge in [0.1, 0.15) is 29.8 Å². The molecule has 0 radical (unpaired) electrons. The Morgan fingerprint density at radius 1 is 1.25 bits per heavy atom. The van der Waals surface area contributed by atoms with Crippen molar-refractivity contribution in [3.63, 3.8) is 0 Å². The second-order valence-corrected chi connectivity index (χ2v) is 4.38. The molecule has 9 heteroatoms. The van der Waals surface area contributed by atoms with E-state index in [0.29, 0.717) is 11.5 Å². The number of anilines is 1. The summed E-state index contributed by atoms with van der Waals surface area (Å²) < 4.78 is 1.43. The summed E-state index contributed by atoms with van der Waals surface area (Å²) in [4.78, 5) is 11.0. The molecule has 0 amide bonds. The first-order valence-electron chi connectivity index (χ1n) is 6.00. The van der Waals surface area contributed by atoms with E-state index in [0.717, 1.165) is 0 Å². The van der Waals surface area contributed by atoms with Gasteiger partial charge in [0.05, 0.1) is 19.5 Å². The largest absolute Gasteiger partial charge is 0.394 e. The Labute approximate surface area is 114 Å². The lowest BCUT2D eigenvalue weighted by molar-refractivity contribution is -0.0804. The van der Waals surface area contributed by atoms with E-state index in [1.54, 1.807) is 12.4 Å². The summed E-state index contributed by atoms with van der Waals surface area (Å²) in [6.07, 6.45) is 0.397. The van der Waals surface area contributed by atoms with Gasteiger partial charge in [-0.3, -0.25) is 0 Å². The standard InChI is InChI=1S/C11H17N5O4/c12-10-8(11-13-1-2-14-11)15-5-16(10)3-6(18)9(20)7(19)4-17/h1-2,5-7,9,17-20H,3-4,12H2,(H,13,14). The average Bonchev–Trinajstić information content (AvgIpc) is 3.08. The second-order valence-electron chi connectivity index (χ2n) is 4.38. The SMILES string of the molecule is Nc1c(-c2ncc[nH]2)ncn1CC(O)C(O)C(O)CO. The Hall–Kier alpha value is -1.94. The zero-order valence-corrected chi connectivity index (χ0v) is 10.6. The third-order valence-corrected chi connectivity index (χ3v) is 2.96. The maximum atomic E-state index is 9.79. The number of H-pyrrole nitrogens is 1. The molecule has 0 spiro atoms. The van der Waals surface area contributed by atoms with Crippen molar-refractivity contribution < 1.29 is 20.4 Å². The third kappa shape index (κ3) is 2.80. The summed E-state index contributed by atoms with van der Waals surface area (Å²) >= 11 is 0. The van der Waals surface area contributed by atoms with Crippen molar-refractivity contribution in [2.24, 2.45) is 0 Å². The molecule has 0 saturated carbocycles. The van der Waals surface area contributed by atoms with E-state index in [-0.39, 0.29) is 12.4 Å². The summed E-state index contributed by atoms with van der Waals surface area (Å²) in [5, 5.41) is 37.4. The van der Waals surface area contributed by atoms with Gasteiger partial charge in [0.15, 0.2) is 5.82 Å². The van der Waals surface area contributed by atoms with Gasteiger partial charge in [-0.15, -0.1) is 0 Å². The fourth-order valence-corrected chi connectivity index (χ4v) is 1.79. The van der Waals surface area contributed by atoms with Gasteiger partial charge in [-0.2, -0.15) is 0 Å². The van der Waals surface area contributed by atoms with Gasteiger partial charge in [0.2, 0.25) is 0 Å². The number of hydrogen-bond acceptors (Lipinski definition) is 7. The van der Waals surface area contributed by atoms with E-state index in [9.17, 15) is 15.3 Å². The van der Waals surface area contributed by atoms with Crippen molar-refractivity contribution in [2.75, 3.05) is 12.3 Å². The Balaban J connectivity index is 2.11. The molecule has 2 aromatic rings. The molecular weight excluding hydrogens is 266 g/mol. The predicted octanol–water partition coefficient (Wildman–Crippen LogP) is -2.07. The molecule has 2 heterocycles. The molecule has 3 atom stereocenters. The maximum absolute atomic E-state index is 9.79. The molecule has 0 bridgehead atoms. The topological polar surface area (TPSA) is 153 Å². The van der Waals surface area contributed by atoms with Crippen LogP contribution in [0.2, 0.25) is 0 Å². The molecule has 2 rings (SSSR count). The summed E-state index contributed by atoms with van der Waals surface area (Å²) in [7, 11) is 0. The van der Waals surface area contributed by atoms with Gasteiger partial charge < -0.3 is 35.7 Å². The Morgan fingerprint density at radius 3 is 2.60 bits per heavy atom. The van der Waals surface area contributed by atoms with Gasteiger partial charge >= 0.3 is 0 Å². The van der Waals surface area contributed by atoms with Gasteiger partial charge in [0, 0.05) is 12.4 Å². The van der Waals surface area contributed by atoms with Crippen LogP contribution in [-0.2, 0) is 6.54 Å². The minimum absolute atomic E-state index is 0.0717. The van der Waals surface area contributed by atoms with Crippen molar-refractivity contribution in [2.45, 2.75) is 24.9 Å². The molecule has 0 fully saturated rings. The Morgan fingerprint density at radius 2 is 2.00 bits per heavy atom. The van der Waals surface area contributed by atoms with Crippen molar-refractivity contribution in [1.29, 1.82) is 0 Å². The predicted molar refractivity (Wildman–Crippen MR) is 69.3 cm³/mol. The van der Waals surface area contributed by atoms with Crippen LogP contribution in [0.5, 0.6) is 0 Å². The van der Waals surface area contributed by atoms with Gasteiger partial charge in [-0.25, -0.2) is 9.97 Å². The van der Waals surface area contributed by atoms with Crippen LogP contribution in [0.1, 0.15) is 0 Å². The van der Waals surface area contributed by atoms with Crippen LogP contribution in [0.25, 0.3) is 11.5 Å². The van der Waals surface area contributed by atoms with E-state index < -0.39 is 24.9 Å². The van der Waals surface area contributed by atoms with Crippen molar-refractivity contribution in [1.82, 2.24) is 19.5 Å². The number of imidazole rings is 2. The molecule has 9 nitrogen and oxygen atoms in total. The molecule has 110 valence electrons. The molecular formula is C11H17N5O4. The Kier molecular flexibility index (Phi) is 4.35. The van der Waals surface area contributed by atoms with Crippen LogP contribution in [0.3, 0.4) is 0 Å². The van der Waals surface area contributed by atoms with Crippen molar-refractivity contribution >= 4 is 5.82 Å². The number of nitrogens with zero attached hydrogens (tertiary/aromatic N) is 3. The Bertz CT molecular complexity index is 541. The molecule has 7 N–H and O–H groups in total.